The van der Waals surface area contributed by atoms with Crippen LogP contribution in [0.2, 0.25) is 0 Å². The average Bonchev–Trinajstić information content (AvgIpc) is 2.68. The van der Waals surface area contributed by atoms with Crippen molar-refractivity contribution >= 4 is 40.1 Å². The summed E-state index contributed by atoms with van der Waals surface area (Å²) in [7, 11) is 1.37. The molecule has 0 bridgehead atoms. The number of thioether (sulfide) groups is 1. The number of fused-ring (bicyclic) bond motifs is 1. The molecular weight excluding hydrogens is 348 g/mol. The van der Waals surface area contributed by atoms with Crippen molar-refractivity contribution < 1.29 is 9.53 Å². The molecule has 3 rings (SSSR count). The van der Waals surface area contributed by atoms with Crippen LogP contribution < -0.4 is 5.32 Å². The molecule has 1 N–H and O–H groups in total. The second-order valence-corrected chi connectivity index (χ2v) is 6.42. The van der Waals surface area contributed by atoms with E-state index >= 15 is 0 Å². The van der Waals surface area contributed by atoms with Crippen molar-refractivity contribution in [3.63, 3.8) is 0 Å². The first-order chi connectivity index (χ1) is 12.7. The summed E-state index contributed by atoms with van der Waals surface area (Å²) in [5.74, 6) is 0.969. The third-order valence-corrected chi connectivity index (χ3v) is 4.47. The first kappa shape index (κ1) is 17.7. The molecule has 6 nitrogen and oxygen atoms in total. The van der Waals surface area contributed by atoms with E-state index < -0.39 is 0 Å². The van der Waals surface area contributed by atoms with E-state index in [0.29, 0.717) is 28.7 Å². The van der Waals surface area contributed by atoms with Crippen LogP contribution in [0.25, 0.3) is 10.9 Å². The van der Waals surface area contributed by atoms with Crippen LogP contribution in [0.1, 0.15) is 12.0 Å². The maximum atomic E-state index is 11.3. The van der Waals surface area contributed by atoms with Crippen LogP contribution in [-0.2, 0) is 9.53 Å². The lowest BCUT2D eigenvalue weighted by Gasteiger charge is -2.10. The fraction of sp³-hybridized carbons (Fsp3) is 0.158. The predicted octanol–water partition coefficient (Wildman–Crippen LogP) is 3.90. The molecule has 3 aromatic rings. The maximum absolute atomic E-state index is 11.3. The van der Waals surface area contributed by atoms with Gasteiger partial charge in [0.1, 0.15) is 5.82 Å². The summed E-state index contributed by atoms with van der Waals surface area (Å²) in [6, 6.07) is 17.0. The van der Waals surface area contributed by atoms with Gasteiger partial charge in [-0.25, -0.2) is 9.97 Å². The number of anilines is 2. The van der Waals surface area contributed by atoms with E-state index in [9.17, 15) is 4.79 Å². The molecule has 1 heterocycles. The Morgan fingerprint density at radius 3 is 2.69 bits per heavy atom. The van der Waals surface area contributed by atoms with Crippen molar-refractivity contribution in [2.45, 2.75) is 11.6 Å². The molecular formula is C19H16N4O2S. The minimum Gasteiger partial charge on any atom is -0.469 e. The Balaban J connectivity index is 1.86. The fourth-order valence-electron chi connectivity index (χ4n) is 2.31. The number of nitriles is 1. The molecule has 2 aromatic carbocycles. The van der Waals surface area contributed by atoms with E-state index in [2.05, 4.69) is 26.1 Å². The third-order valence-electron chi connectivity index (χ3n) is 3.62. The van der Waals surface area contributed by atoms with Crippen LogP contribution in [0, 0.1) is 11.3 Å². The number of rotatable bonds is 6. The van der Waals surface area contributed by atoms with Crippen molar-refractivity contribution in [1.29, 1.82) is 5.26 Å². The normalized spacial score (nSPS) is 10.3. The molecule has 0 saturated carbocycles. The Hall–Kier alpha value is -3.11. The van der Waals surface area contributed by atoms with Crippen LogP contribution in [0.15, 0.2) is 53.7 Å². The van der Waals surface area contributed by atoms with Crippen molar-refractivity contribution in [3.05, 3.63) is 54.1 Å². The summed E-state index contributed by atoms with van der Waals surface area (Å²) in [4.78, 5) is 20.4. The number of aromatic nitrogens is 2. The van der Waals surface area contributed by atoms with Crippen LogP contribution in [0.3, 0.4) is 0 Å². The number of methoxy groups -OCH3 is 1. The molecule has 7 heteroatoms. The molecule has 0 aliphatic heterocycles. The number of benzene rings is 2. The number of esters is 1. The molecule has 26 heavy (non-hydrogen) atoms. The van der Waals surface area contributed by atoms with E-state index in [-0.39, 0.29) is 5.97 Å². The number of carbonyl (C=O) groups is 1. The molecule has 0 saturated heterocycles. The van der Waals surface area contributed by atoms with Crippen LogP contribution in [0.5, 0.6) is 0 Å². The van der Waals surface area contributed by atoms with Crippen molar-refractivity contribution in [2.24, 2.45) is 0 Å². The number of nitrogens with one attached hydrogen (secondary N) is 1. The van der Waals surface area contributed by atoms with Crippen molar-refractivity contribution in [3.8, 4) is 6.07 Å². The van der Waals surface area contributed by atoms with Gasteiger partial charge in [0, 0.05) is 16.8 Å². The Morgan fingerprint density at radius 1 is 1.19 bits per heavy atom. The molecule has 0 aliphatic rings. The topological polar surface area (TPSA) is 87.9 Å². The molecule has 0 atom stereocenters. The lowest BCUT2D eigenvalue weighted by Crippen LogP contribution is -2.02. The molecule has 1 aromatic heterocycles. The van der Waals surface area contributed by atoms with Gasteiger partial charge in [-0.2, -0.15) is 5.26 Å². The molecule has 0 spiro atoms. The molecule has 0 radical (unpaired) electrons. The Labute approximate surface area is 155 Å². The highest BCUT2D eigenvalue weighted by molar-refractivity contribution is 7.99. The first-order valence-corrected chi connectivity index (χ1v) is 8.92. The van der Waals surface area contributed by atoms with Gasteiger partial charge in [0.15, 0.2) is 5.16 Å². The van der Waals surface area contributed by atoms with Crippen molar-refractivity contribution in [1.82, 2.24) is 9.97 Å². The van der Waals surface area contributed by atoms with Gasteiger partial charge < -0.3 is 10.1 Å². The van der Waals surface area contributed by atoms with Crippen LogP contribution in [0.4, 0.5) is 11.5 Å². The summed E-state index contributed by atoms with van der Waals surface area (Å²) in [5.41, 5.74) is 2.25. The van der Waals surface area contributed by atoms with Crippen LogP contribution in [-0.4, -0.2) is 28.8 Å². The maximum Gasteiger partial charge on any atom is 0.306 e. The monoisotopic (exact) mass is 364 g/mol. The van der Waals surface area contributed by atoms with Gasteiger partial charge in [-0.15, -0.1) is 0 Å². The molecule has 0 aliphatic carbocycles. The molecule has 0 unspecified atom stereocenters. The van der Waals surface area contributed by atoms with Crippen LogP contribution >= 0.6 is 11.8 Å². The summed E-state index contributed by atoms with van der Waals surface area (Å²) in [6.07, 6.45) is 0.301. The largest absolute Gasteiger partial charge is 0.469 e. The highest BCUT2D eigenvalue weighted by Gasteiger charge is 2.09. The minimum atomic E-state index is -0.255. The standard InChI is InChI=1S/C19H16N4O2S/c1-25-17(24)10-11-26-19-22-16-5-3-2-4-15(16)18(23-19)21-14-8-6-13(12-20)7-9-14/h2-9H,10-11H2,1H3,(H,21,22,23). The Morgan fingerprint density at radius 2 is 1.96 bits per heavy atom. The summed E-state index contributed by atoms with van der Waals surface area (Å²) in [6.45, 7) is 0. The summed E-state index contributed by atoms with van der Waals surface area (Å²) in [5, 5.41) is 13.7. The SMILES string of the molecule is COC(=O)CCSc1nc(Nc2ccc(C#N)cc2)c2ccccc2n1. The van der Waals surface area contributed by atoms with Gasteiger partial charge in [0.2, 0.25) is 0 Å². The number of ether oxygens (including phenoxy) is 1. The number of carbonyl (C=O) groups excluding carboxylic acids is 1. The lowest BCUT2D eigenvalue weighted by molar-refractivity contribution is -0.140. The van der Waals surface area contributed by atoms with Gasteiger partial charge in [-0.05, 0) is 36.4 Å². The van der Waals surface area contributed by atoms with Gasteiger partial charge in [0.25, 0.3) is 0 Å². The summed E-state index contributed by atoms with van der Waals surface area (Å²) >= 11 is 1.40. The van der Waals surface area contributed by atoms with E-state index in [1.807, 2.05) is 36.4 Å². The zero-order valence-corrected chi connectivity index (χ0v) is 14.9. The Kier molecular flexibility index (Phi) is 5.66. The number of para-hydroxylation sites is 1. The predicted molar refractivity (Wildman–Crippen MR) is 101 cm³/mol. The molecule has 130 valence electrons. The highest BCUT2D eigenvalue weighted by atomic mass is 32.2. The fourth-order valence-corrected chi connectivity index (χ4v) is 3.08. The van der Waals surface area contributed by atoms with Crippen molar-refractivity contribution in [2.75, 3.05) is 18.2 Å². The molecule has 0 amide bonds. The highest BCUT2D eigenvalue weighted by Crippen LogP contribution is 2.27. The van der Waals surface area contributed by atoms with Gasteiger partial charge in [-0.1, -0.05) is 23.9 Å². The van der Waals surface area contributed by atoms with E-state index in [1.165, 1.54) is 18.9 Å². The van der Waals surface area contributed by atoms with E-state index in [4.69, 9.17) is 5.26 Å². The zero-order valence-electron chi connectivity index (χ0n) is 14.1. The van der Waals surface area contributed by atoms with Gasteiger partial charge in [0.05, 0.1) is 30.7 Å². The van der Waals surface area contributed by atoms with Gasteiger partial charge >= 0.3 is 5.97 Å². The lowest BCUT2D eigenvalue weighted by atomic mass is 10.2. The minimum absolute atomic E-state index is 0.255. The number of hydrogen-bond donors (Lipinski definition) is 1. The first-order valence-electron chi connectivity index (χ1n) is 7.93. The average molecular weight is 364 g/mol. The quantitative estimate of drug-likeness (QED) is 0.403. The number of hydrogen-bond acceptors (Lipinski definition) is 7. The molecule has 0 fully saturated rings. The second kappa shape index (κ2) is 8.32. The van der Waals surface area contributed by atoms with Gasteiger partial charge in [-0.3, -0.25) is 4.79 Å². The van der Waals surface area contributed by atoms with E-state index in [1.54, 1.807) is 12.1 Å². The zero-order chi connectivity index (χ0) is 18.4. The second-order valence-electron chi connectivity index (χ2n) is 5.36. The smallest absolute Gasteiger partial charge is 0.306 e. The number of nitrogens with zero attached hydrogens (tertiary/aromatic N) is 3. The third kappa shape index (κ3) is 4.29. The Bertz CT molecular complexity index is 967. The summed E-state index contributed by atoms with van der Waals surface area (Å²) < 4.78 is 4.65. The van der Waals surface area contributed by atoms with E-state index in [0.717, 1.165) is 16.6 Å².